The summed E-state index contributed by atoms with van der Waals surface area (Å²) in [4.78, 5) is 0. The standard InChI is InChI=1S/C13H23N3/c1-11-9-15-16(10-11)8-7-14-12(2)13-5-3-4-6-13/h9-10,12-14H,3-8H2,1-2H3. The van der Waals surface area contributed by atoms with Gasteiger partial charge in [0.05, 0.1) is 12.7 Å². The predicted molar refractivity (Wildman–Crippen MR) is 66.4 cm³/mol. The number of hydrogen-bond donors (Lipinski definition) is 1. The van der Waals surface area contributed by atoms with Gasteiger partial charge in [-0.15, -0.1) is 0 Å². The molecule has 0 spiro atoms. The SMILES string of the molecule is Cc1cnn(CCNC(C)C2CCCC2)c1. The monoisotopic (exact) mass is 221 g/mol. The number of aryl methyl sites for hydroxylation is 1. The Bertz CT molecular complexity index is 313. The summed E-state index contributed by atoms with van der Waals surface area (Å²) in [5.41, 5.74) is 1.24. The Hall–Kier alpha value is -0.830. The lowest BCUT2D eigenvalue weighted by atomic mass is 10.00. The van der Waals surface area contributed by atoms with Crippen LogP contribution >= 0.6 is 0 Å². The highest BCUT2D eigenvalue weighted by atomic mass is 15.3. The van der Waals surface area contributed by atoms with Crippen molar-refractivity contribution in [3.8, 4) is 0 Å². The predicted octanol–water partition coefficient (Wildman–Crippen LogP) is 2.36. The lowest BCUT2D eigenvalue weighted by molar-refractivity contribution is 0.372. The van der Waals surface area contributed by atoms with Crippen molar-refractivity contribution in [2.75, 3.05) is 6.54 Å². The van der Waals surface area contributed by atoms with Gasteiger partial charge >= 0.3 is 0 Å². The summed E-state index contributed by atoms with van der Waals surface area (Å²) < 4.78 is 2.02. The fraction of sp³-hybridized carbons (Fsp3) is 0.769. The van der Waals surface area contributed by atoms with E-state index in [1.54, 1.807) is 0 Å². The molecular formula is C13H23N3. The zero-order valence-corrected chi connectivity index (χ0v) is 10.4. The van der Waals surface area contributed by atoms with E-state index in [1.807, 2.05) is 10.9 Å². The minimum atomic E-state index is 0.666. The quantitative estimate of drug-likeness (QED) is 0.827. The summed E-state index contributed by atoms with van der Waals surface area (Å²) in [7, 11) is 0. The minimum Gasteiger partial charge on any atom is -0.312 e. The molecule has 1 unspecified atom stereocenters. The third kappa shape index (κ3) is 3.08. The number of nitrogens with zero attached hydrogens (tertiary/aromatic N) is 2. The molecule has 1 fully saturated rings. The number of hydrogen-bond acceptors (Lipinski definition) is 2. The highest BCUT2D eigenvalue weighted by Crippen LogP contribution is 2.27. The minimum absolute atomic E-state index is 0.666. The van der Waals surface area contributed by atoms with Crippen LogP contribution in [0.5, 0.6) is 0 Å². The molecule has 90 valence electrons. The third-order valence-electron chi connectivity index (χ3n) is 3.68. The van der Waals surface area contributed by atoms with Crippen LogP contribution in [0.25, 0.3) is 0 Å². The van der Waals surface area contributed by atoms with Crippen molar-refractivity contribution in [3.63, 3.8) is 0 Å². The molecule has 0 radical (unpaired) electrons. The summed E-state index contributed by atoms with van der Waals surface area (Å²) >= 11 is 0. The molecule has 0 saturated heterocycles. The summed E-state index contributed by atoms with van der Waals surface area (Å²) in [5.74, 6) is 0.902. The van der Waals surface area contributed by atoms with Crippen molar-refractivity contribution in [3.05, 3.63) is 18.0 Å². The van der Waals surface area contributed by atoms with E-state index in [1.165, 1.54) is 31.2 Å². The van der Waals surface area contributed by atoms with E-state index in [4.69, 9.17) is 0 Å². The molecule has 1 atom stereocenters. The smallest absolute Gasteiger partial charge is 0.0534 e. The van der Waals surface area contributed by atoms with E-state index >= 15 is 0 Å². The van der Waals surface area contributed by atoms with Crippen molar-refractivity contribution in [1.29, 1.82) is 0 Å². The van der Waals surface area contributed by atoms with Gasteiger partial charge in [0.2, 0.25) is 0 Å². The maximum absolute atomic E-state index is 4.29. The average Bonchev–Trinajstić information content (AvgIpc) is 2.89. The second-order valence-electron chi connectivity index (χ2n) is 5.07. The number of nitrogens with one attached hydrogen (secondary N) is 1. The average molecular weight is 221 g/mol. The van der Waals surface area contributed by atoms with Gasteiger partial charge in [0.15, 0.2) is 0 Å². The maximum atomic E-state index is 4.29. The van der Waals surface area contributed by atoms with E-state index < -0.39 is 0 Å². The van der Waals surface area contributed by atoms with Gasteiger partial charge in [0, 0.05) is 18.8 Å². The summed E-state index contributed by atoms with van der Waals surface area (Å²) in [6, 6.07) is 0.666. The van der Waals surface area contributed by atoms with Gasteiger partial charge in [-0.25, -0.2) is 0 Å². The van der Waals surface area contributed by atoms with Crippen LogP contribution < -0.4 is 5.32 Å². The van der Waals surface area contributed by atoms with Crippen LogP contribution in [0.2, 0.25) is 0 Å². The Balaban J connectivity index is 1.67. The molecule has 0 bridgehead atoms. The van der Waals surface area contributed by atoms with Crippen molar-refractivity contribution in [1.82, 2.24) is 15.1 Å². The molecule has 0 aromatic carbocycles. The first-order chi connectivity index (χ1) is 7.75. The van der Waals surface area contributed by atoms with Crippen molar-refractivity contribution >= 4 is 0 Å². The van der Waals surface area contributed by atoms with Crippen LogP contribution in [0.3, 0.4) is 0 Å². The molecule has 0 aliphatic heterocycles. The zero-order valence-electron chi connectivity index (χ0n) is 10.4. The lowest BCUT2D eigenvalue weighted by Gasteiger charge is -2.20. The van der Waals surface area contributed by atoms with Gasteiger partial charge in [-0.2, -0.15) is 5.10 Å². The Morgan fingerprint density at radius 3 is 2.88 bits per heavy atom. The van der Waals surface area contributed by atoms with Gasteiger partial charge < -0.3 is 5.32 Å². The first-order valence-corrected chi connectivity index (χ1v) is 6.48. The van der Waals surface area contributed by atoms with Gasteiger partial charge in [0.25, 0.3) is 0 Å². The molecule has 1 saturated carbocycles. The fourth-order valence-corrected chi connectivity index (χ4v) is 2.62. The highest BCUT2D eigenvalue weighted by Gasteiger charge is 2.20. The van der Waals surface area contributed by atoms with E-state index in [-0.39, 0.29) is 0 Å². The van der Waals surface area contributed by atoms with Gasteiger partial charge in [-0.3, -0.25) is 4.68 Å². The Kier molecular flexibility index (Phi) is 3.99. The fourth-order valence-electron chi connectivity index (χ4n) is 2.62. The topological polar surface area (TPSA) is 29.9 Å². The molecule has 1 aliphatic rings. The largest absolute Gasteiger partial charge is 0.312 e. The molecule has 2 rings (SSSR count). The Labute approximate surface area is 98.2 Å². The van der Waals surface area contributed by atoms with Gasteiger partial charge in [-0.1, -0.05) is 12.8 Å². The summed E-state index contributed by atoms with van der Waals surface area (Å²) in [5, 5.41) is 7.91. The van der Waals surface area contributed by atoms with Crippen LogP contribution in [-0.4, -0.2) is 22.4 Å². The molecule has 1 aromatic rings. The van der Waals surface area contributed by atoms with Crippen LogP contribution in [0.15, 0.2) is 12.4 Å². The number of aromatic nitrogens is 2. The first-order valence-electron chi connectivity index (χ1n) is 6.48. The van der Waals surface area contributed by atoms with Gasteiger partial charge in [0.1, 0.15) is 0 Å². The van der Waals surface area contributed by atoms with Crippen LogP contribution in [0.1, 0.15) is 38.2 Å². The molecule has 1 heterocycles. The normalized spacial score (nSPS) is 19.1. The summed E-state index contributed by atoms with van der Waals surface area (Å²) in [6.45, 7) is 6.41. The second-order valence-corrected chi connectivity index (χ2v) is 5.07. The molecular weight excluding hydrogens is 198 g/mol. The Morgan fingerprint density at radius 1 is 1.50 bits per heavy atom. The molecule has 1 aromatic heterocycles. The first kappa shape index (κ1) is 11.6. The van der Waals surface area contributed by atoms with Crippen molar-refractivity contribution in [2.24, 2.45) is 5.92 Å². The molecule has 3 nitrogen and oxygen atoms in total. The van der Waals surface area contributed by atoms with E-state index in [9.17, 15) is 0 Å². The molecule has 3 heteroatoms. The summed E-state index contributed by atoms with van der Waals surface area (Å²) in [6.07, 6.45) is 9.69. The van der Waals surface area contributed by atoms with Crippen molar-refractivity contribution in [2.45, 2.75) is 52.1 Å². The number of rotatable bonds is 5. The maximum Gasteiger partial charge on any atom is 0.0534 e. The highest BCUT2D eigenvalue weighted by molar-refractivity contribution is 4.99. The van der Waals surface area contributed by atoms with Crippen LogP contribution in [0, 0.1) is 12.8 Å². The van der Waals surface area contributed by atoms with E-state index in [2.05, 4.69) is 30.5 Å². The van der Waals surface area contributed by atoms with Crippen LogP contribution in [-0.2, 0) is 6.54 Å². The molecule has 16 heavy (non-hydrogen) atoms. The van der Waals surface area contributed by atoms with Crippen LogP contribution in [0.4, 0.5) is 0 Å². The zero-order chi connectivity index (χ0) is 11.4. The van der Waals surface area contributed by atoms with Crippen molar-refractivity contribution < 1.29 is 0 Å². The molecule has 0 amide bonds. The lowest BCUT2D eigenvalue weighted by Crippen LogP contribution is -2.34. The third-order valence-corrected chi connectivity index (χ3v) is 3.68. The molecule has 1 aliphatic carbocycles. The van der Waals surface area contributed by atoms with E-state index in [0.717, 1.165) is 19.0 Å². The van der Waals surface area contributed by atoms with E-state index in [0.29, 0.717) is 6.04 Å². The van der Waals surface area contributed by atoms with Gasteiger partial charge in [-0.05, 0) is 38.2 Å². The molecule has 1 N–H and O–H groups in total. The Morgan fingerprint density at radius 2 is 2.25 bits per heavy atom. The second kappa shape index (κ2) is 5.48.